The molecule has 0 aliphatic carbocycles. The van der Waals surface area contributed by atoms with Crippen LogP contribution < -0.4 is 15.6 Å². The number of oxazole rings is 1. The summed E-state index contributed by atoms with van der Waals surface area (Å²) in [5, 5.41) is 11.2. The predicted octanol–water partition coefficient (Wildman–Crippen LogP) is 4.18. The highest BCUT2D eigenvalue weighted by atomic mass is 19.4. The lowest BCUT2D eigenvalue weighted by atomic mass is 10.1. The van der Waals surface area contributed by atoms with Gasteiger partial charge in [0.2, 0.25) is 5.89 Å². The number of hydrogen-bond donors (Lipinski definition) is 3. The Kier molecular flexibility index (Phi) is 5.86. The van der Waals surface area contributed by atoms with Crippen molar-refractivity contribution in [3.05, 3.63) is 88.2 Å². The zero-order chi connectivity index (χ0) is 28.0. The monoisotopic (exact) mass is 549 g/mol. The first-order valence-corrected chi connectivity index (χ1v) is 11.8. The molecular weight excluding hydrogens is 531 g/mol. The number of halogens is 3. The number of aromatic nitrogens is 6. The second-order valence-electron chi connectivity index (χ2n) is 8.62. The minimum atomic E-state index is -4.88. The fraction of sp³-hybridized carbons (Fsp3) is 0.115. The zero-order valence-corrected chi connectivity index (χ0v) is 20.5. The number of rotatable bonds is 6. The number of alkyl halides is 3. The van der Waals surface area contributed by atoms with E-state index in [1.54, 1.807) is 42.5 Å². The predicted molar refractivity (Wildman–Crippen MR) is 136 cm³/mol. The van der Waals surface area contributed by atoms with Crippen molar-refractivity contribution >= 4 is 22.7 Å². The number of aromatic amines is 2. The van der Waals surface area contributed by atoms with E-state index in [2.05, 4.69) is 30.6 Å². The molecule has 4 heterocycles. The molecule has 3 N–H and O–H groups in total. The molecule has 0 saturated carbocycles. The van der Waals surface area contributed by atoms with Gasteiger partial charge in [0.15, 0.2) is 16.7 Å². The molecule has 0 saturated heterocycles. The van der Waals surface area contributed by atoms with E-state index >= 15 is 0 Å². The van der Waals surface area contributed by atoms with Crippen molar-refractivity contribution in [2.45, 2.75) is 12.7 Å². The Morgan fingerprint density at radius 1 is 1.07 bits per heavy atom. The van der Waals surface area contributed by atoms with Crippen LogP contribution in [0.5, 0.6) is 5.75 Å². The van der Waals surface area contributed by atoms with Crippen LogP contribution in [0.25, 0.3) is 39.3 Å². The van der Waals surface area contributed by atoms with E-state index in [-0.39, 0.29) is 29.1 Å². The Labute approximate surface area is 221 Å². The topological polar surface area (TPSA) is 143 Å². The largest absolute Gasteiger partial charge is 0.494 e. The Hall–Kier alpha value is -5.40. The second-order valence-corrected chi connectivity index (χ2v) is 8.62. The lowest BCUT2D eigenvalue weighted by Crippen LogP contribution is -2.29. The van der Waals surface area contributed by atoms with Gasteiger partial charge in [-0.25, -0.2) is 9.97 Å². The molecule has 0 spiro atoms. The number of para-hydroxylation sites is 1. The standard InChI is InChI=1S/C26H18F3N7O4/c1-39-15-8-5-9-16-19(15)33-24(40-16)18-20(23(37)30-12-14-10-11-31-34-14)32-22-17(13-6-3-2-4-7-13)21(26(27,28)29)35-36(22)25(18)38/h2-11,35H,12H2,1H3,(H,30,37)(H,31,34). The average Bonchev–Trinajstić information content (AvgIpc) is 3.70. The number of benzene rings is 2. The molecule has 4 aromatic heterocycles. The molecule has 0 radical (unpaired) electrons. The first-order chi connectivity index (χ1) is 19.3. The number of hydrogen-bond acceptors (Lipinski definition) is 7. The fourth-order valence-electron chi connectivity index (χ4n) is 4.35. The fourth-order valence-corrected chi connectivity index (χ4v) is 4.35. The Morgan fingerprint density at radius 2 is 1.88 bits per heavy atom. The maximum Gasteiger partial charge on any atom is 0.433 e. The van der Waals surface area contributed by atoms with E-state index in [4.69, 9.17) is 9.15 Å². The second kappa shape index (κ2) is 9.41. The smallest absolute Gasteiger partial charge is 0.433 e. The van der Waals surface area contributed by atoms with E-state index in [0.717, 1.165) is 0 Å². The third-order valence-corrected chi connectivity index (χ3v) is 6.16. The molecule has 2 aromatic carbocycles. The van der Waals surface area contributed by atoms with Crippen LogP contribution in [0.2, 0.25) is 0 Å². The van der Waals surface area contributed by atoms with Gasteiger partial charge in [-0.2, -0.15) is 22.8 Å². The van der Waals surface area contributed by atoms with Gasteiger partial charge in [-0.15, -0.1) is 0 Å². The quantitative estimate of drug-likeness (QED) is 0.283. The normalized spacial score (nSPS) is 11.8. The summed E-state index contributed by atoms with van der Waals surface area (Å²) >= 11 is 0. The summed E-state index contributed by atoms with van der Waals surface area (Å²) in [7, 11) is 1.42. The number of ether oxygens (including phenoxy) is 1. The molecule has 0 unspecified atom stereocenters. The molecule has 0 bridgehead atoms. The third kappa shape index (κ3) is 4.15. The van der Waals surface area contributed by atoms with Crippen LogP contribution in [0.15, 0.2) is 70.0 Å². The maximum atomic E-state index is 14.2. The van der Waals surface area contributed by atoms with Crippen molar-refractivity contribution in [3.8, 4) is 28.3 Å². The summed E-state index contributed by atoms with van der Waals surface area (Å²) < 4.78 is 54.3. The van der Waals surface area contributed by atoms with Crippen molar-refractivity contribution < 1.29 is 27.1 Å². The SMILES string of the molecule is COc1cccc2oc(-c3c(C(=O)NCc4ccn[nH]4)nc4c(-c5ccccc5)c(C(F)(F)F)[nH]n4c3=O)nc12. The first kappa shape index (κ1) is 24.9. The number of methoxy groups -OCH3 is 1. The molecule has 14 heteroatoms. The summed E-state index contributed by atoms with van der Waals surface area (Å²) in [6.07, 6.45) is -3.39. The van der Waals surface area contributed by atoms with Crippen molar-refractivity contribution in [1.29, 1.82) is 0 Å². The van der Waals surface area contributed by atoms with Gasteiger partial charge in [-0.1, -0.05) is 36.4 Å². The van der Waals surface area contributed by atoms with Crippen LogP contribution in [-0.4, -0.2) is 42.8 Å². The van der Waals surface area contributed by atoms with E-state index < -0.39 is 45.8 Å². The summed E-state index contributed by atoms with van der Waals surface area (Å²) in [5.41, 5.74) is -2.75. The lowest BCUT2D eigenvalue weighted by molar-refractivity contribution is -0.140. The van der Waals surface area contributed by atoms with E-state index in [9.17, 15) is 22.8 Å². The number of carbonyl (C=O) groups excluding carboxylic acids is 1. The summed E-state index contributed by atoms with van der Waals surface area (Å²) in [6.45, 7) is -0.0206. The van der Waals surface area contributed by atoms with Crippen molar-refractivity contribution in [3.63, 3.8) is 0 Å². The van der Waals surface area contributed by atoms with Crippen molar-refractivity contribution in [2.24, 2.45) is 0 Å². The number of amides is 1. The third-order valence-electron chi connectivity index (χ3n) is 6.16. The van der Waals surface area contributed by atoms with Crippen molar-refractivity contribution in [1.82, 2.24) is 35.1 Å². The van der Waals surface area contributed by atoms with E-state index in [1.165, 1.54) is 25.4 Å². The Morgan fingerprint density at radius 3 is 2.58 bits per heavy atom. The molecule has 0 aliphatic heterocycles. The molecule has 1 amide bonds. The van der Waals surface area contributed by atoms with Gasteiger partial charge in [0.05, 0.1) is 24.9 Å². The summed E-state index contributed by atoms with van der Waals surface area (Å²) in [5.74, 6) is -0.827. The molecule has 40 heavy (non-hydrogen) atoms. The first-order valence-electron chi connectivity index (χ1n) is 11.8. The molecule has 0 aliphatic rings. The van der Waals surface area contributed by atoms with Crippen molar-refractivity contribution in [2.75, 3.05) is 7.11 Å². The molecule has 6 aromatic rings. The number of H-pyrrole nitrogens is 2. The highest BCUT2D eigenvalue weighted by Crippen LogP contribution is 2.39. The van der Waals surface area contributed by atoms with Crippen LogP contribution in [0.3, 0.4) is 0 Å². The number of nitrogens with one attached hydrogen (secondary N) is 3. The molecule has 6 rings (SSSR count). The number of carbonyl (C=O) groups is 1. The molecular formula is C26H18F3N7O4. The Balaban J connectivity index is 1.64. The van der Waals surface area contributed by atoms with Crippen LogP contribution in [0, 0.1) is 0 Å². The minimum absolute atomic E-state index is 0.0206. The number of nitrogens with zero attached hydrogens (tertiary/aromatic N) is 4. The van der Waals surface area contributed by atoms with Gasteiger partial charge in [0.25, 0.3) is 11.5 Å². The lowest BCUT2D eigenvalue weighted by Gasteiger charge is -2.09. The summed E-state index contributed by atoms with van der Waals surface area (Å²) in [4.78, 5) is 35.9. The molecule has 202 valence electrons. The highest BCUT2D eigenvalue weighted by Gasteiger charge is 2.39. The van der Waals surface area contributed by atoms with Crippen LogP contribution in [-0.2, 0) is 12.7 Å². The van der Waals surface area contributed by atoms with Crippen LogP contribution in [0.4, 0.5) is 13.2 Å². The molecule has 0 fully saturated rings. The van der Waals surface area contributed by atoms with Gasteiger partial charge in [0.1, 0.15) is 22.7 Å². The molecule has 0 atom stereocenters. The van der Waals surface area contributed by atoms with Crippen LogP contribution in [0.1, 0.15) is 21.9 Å². The average molecular weight is 549 g/mol. The summed E-state index contributed by atoms with van der Waals surface area (Å²) in [6, 6.07) is 14.1. The van der Waals surface area contributed by atoms with E-state index in [1.807, 2.05) is 0 Å². The number of fused-ring (bicyclic) bond motifs is 2. The highest BCUT2D eigenvalue weighted by molar-refractivity contribution is 5.99. The van der Waals surface area contributed by atoms with Gasteiger partial charge in [-0.3, -0.25) is 19.8 Å². The molecule has 11 nitrogen and oxygen atoms in total. The van der Waals surface area contributed by atoms with Gasteiger partial charge >= 0.3 is 6.18 Å². The van der Waals surface area contributed by atoms with Gasteiger partial charge in [0, 0.05) is 6.20 Å². The maximum absolute atomic E-state index is 14.2. The van der Waals surface area contributed by atoms with Crippen LogP contribution >= 0.6 is 0 Å². The Bertz CT molecular complexity index is 1920. The van der Waals surface area contributed by atoms with E-state index in [0.29, 0.717) is 16.0 Å². The zero-order valence-electron chi connectivity index (χ0n) is 20.5. The van der Waals surface area contributed by atoms with Gasteiger partial charge < -0.3 is 14.5 Å². The van der Waals surface area contributed by atoms with Gasteiger partial charge in [-0.05, 0) is 23.8 Å². The minimum Gasteiger partial charge on any atom is -0.494 e.